The molecule has 20 heavy (non-hydrogen) atoms. The quantitative estimate of drug-likeness (QED) is 0.774. The van der Waals surface area contributed by atoms with E-state index in [1.807, 2.05) is 0 Å². The lowest BCUT2D eigenvalue weighted by molar-refractivity contribution is -0.137. The molecule has 0 radical (unpaired) electrons. The fourth-order valence-corrected chi connectivity index (χ4v) is 2.80. The van der Waals surface area contributed by atoms with E-state index in [-0.39, 0.29) is 23.8 Å². The number of piperidine rings is 1. The first-order valence-corrected chi connectivity index (χ1v) is 6.17. The van der Waals surface area contributed by atoms with Crippen molar-refractivity contribution in [2.24, 2.45) is 0 Å². The molecule has 0 amide bonds. The van der Waals surface area contributed by atoms with Crippen LogP contribution in [0.4, 0.5) is 18.9 Å². The Kier molecular flexibility index (Phi) is 3.73. The number of Topliss-reactive ketones (excluding diaryl/α,β-unsaturated/α-hetero) is 1. The molecular formula is C13H14ClF3N2O. The van der Waals surface area contributed by atoms with Crippen LogP contribution in [0.15, 0.2) is 18.2 Å². The topological polar surface area (TPSA) is 41.1 Å². The zero-order valence-corrected chi connectivity index (χ0v) is 11.3. The van der Waals surface area contributed by atoms with E-state index in [0.717, 1.165) is 12.1 Å². The summed E-state index contributed by atoms with van der Waals surface area (Å²) >= 11 is 0. The Balaban J connectivity index is 0.00000147. The van der Waals surface area contributed by atoms with Crippen molar-refractivity contribution in [2.75, 3.05) is 18.4 Å². The minimum absolute atomic E-state index is 0. The van der Waals surface area contributed by atoms with Crippen molar-refractivity contribution in [3.63, 3.8) is 0 Å². The molecule has 2 heterocycles. The molecule has 0 aromatic heterocycles. The summed E-state index contributed by atoms with van der Waals surface area (Å²) in [6.45, 7) is 1.39. The molecule has 1 aromatic rings. The van der Waals surface area contributed by atoms with Crippen LogP contribution in [0.1, 0.15) is 28.8 Å². The average molecular weight is 307 g/mol. The number of carbonyl (C=O) groups is 1. The van der Waals surface area contributed by atoms with Gasteiger partial charge in [0.2, 0.25) is 0 Å². The van der Waals surface area contributed by atoms with Crippen LogP contribution in [0.3, 0.4) is 0 Å². The fourth-order valence-electron chi connectivity index (χ4n) is 2.80. The van der Waals surface area contributed by atoms with Gasteiger partial charge in [0.05, 0.1) is 5.56 Å². The molecule has 0 bridgehead atoms. The summed E-state index contributed by atoms with van der Waals surface area (Å²) in [7, 11) is 0. The van der Waals surface area contributed by atoms with Crippen LogP contribution in [0, 0.1) is 0 Å². The van der Waals surface area contributed by atoms with E-state index in [1.165, 1.54) is 6.07 Å². The van der Waals surface area contributed by atoms with Crippen LogP contribution in [0.2, 0.25) is 0 Å². The maximum absolute atomic E-state index is 12.7. The number of hydrogen-bond acceptors (Lipinski definition) is 3. The Morgan fingerprint density at radius 1 is 1.15 bits per heavy atom. The summed E-state index contributed by atoms with van der Waals surface area (Å²) in [5, 5.41) is 6.27. The maximum atomic E-state index is 12.7. The molecule has 3 rings (SSSR count). The molecule has 0 unspecified atom stereocenters. The molecule has 0 saturated carbocycles. The summed E-state index contributed by atoms with van der Waals surface area (Å²) in [6, 6.07) is 3.33. The van der Waals surface area contributed by atoms with Gasteiger partial charge in [0.15, 0.2) is 5.78 Å². The summed E-state index contributed by atoms with van der Waals surface area (Å²) < 4.78 is 38.0. The monoisotopic (exact) mass is 306 g/mol. The minimum Gasteiger partial charge on any atom is -0.372 e. The largest absolute Gasteiger partial charge is 0.416 e. The van der Waals surface area contributed by atoms with E-state index >= 15 is 0 Å². The highest BCUT2D eigenvalue weighted by Crippen LogP contribution is 2.40. The maximum Gasteiger partial charge on any atom is 0.416 e. The number of hydrogen-bond donors (Lipinski definition) is 2. The molecule has 1 aromatic carbocycles. The number of anilines is 1. The van der Waals surface area contributed by atoms with E-state index in [1.54, 1.807) is 0 Å². The molecule has 3 nitrogen and oxygen atoms in total. The lowest BCUT2D eigenvalue weighted by atomic mass is 9.84. The van der Waals surface area contributed by atoms with E-state index in [0.29, 0.717) is 31.6 Å². The third-order valence-electron chi connectivity index (χ3n) is 3.86. The fraction of sp³-hybridized carbons (Fsp3) is 0.462. The first-order valence-electron chi connectivity index (χ1n) is 6.17. The van der Waals surface area contributed by atoms with Crippen LogP contribution < -0.4 is 10.6 Å². The van der Waals surface area contributed by atoms with Crippen LogP contribution in [-0.2, 0) is 6.18 Å². The SMILES string of the molecule is Cl.O=C1c2cc(C(F)(F)F)ccc2NC12CCNCC2. The molecule has 2 aliphatic rings. The van der Waals surface area contributed by atoms with Gasteiger partial charge < -0.3 is 10.6 Å². The molecule has 1 spiro atoms. The van der Waals surface area contributed by atoms with Crippen LogP contribution in [0.5, 0.6) is 0 Å². The van der Waals surface area contributed by atoms with Crippen molar-refractivity contribution in [2.45, 2.75) is 24.6 Å². The van der Waals surface area contributed by atoms with Gasteiger partial charge in [0, 0.05) is 11.3 Å². The summed E-state index contributed by atoms with van der Waals surface area (Å²) in [6.07, 6.45) is -3.22. The highest BCUT2D eigenvalue weighted by Gasteiger charge is 2.46. The molecule has 7 heteroatoms. The van der Waals surface area contributed by atoms with Gasteiger partial charge in [-0.1, -0.05) is 0 Å². The number of nitrogens with one attached hydrogen (secondary N) is 2. The van der Waals surface area contributed by atoms with Crippen LogP contribution in [0.25, 0.3) is 0 Å². The Morgan fingerprint density at radius 3 is 2.40 bits per heavy atom. The first kappa shape index (κ1) is 15.1. The summed E-state index contributed by atoms with van der Waals surface area (Å²) in [5.74, 6) is -0.213. The summed E-state index contributed by atoms with van der Waals surface area (Å²) in [4.78, 5) is 12.4. The van der Waals surface area contributed by atoms with Crippen LogP contribution in [-0.4, -0.2) is 24.4 Å². The van der Waals surface area contributed by atoms with E-state index in [2.05, 4.69) is 10.6 Å². The number of benzene rings is 1. The predicted molar refractivity (Wildman–Crippen MR) is 71.5 cm³/mol. The zero-order valence-electron chi connectivity index (χ0n) is 10.5. The van der Waals surface area contributed by atoms with Crippen molar-refractivity contribution in [3.05, 3.63) is 29.3 Å². The molecular weight excluding hydrogens is 293 g/mol. The van der Waals surface area contributed by atoms with Gasteiger partial charge in [-0.25, -0.2) is 0 Å². The number of carbonyl (C=O) groups excluding carboxylic acids is 1. The second kappa shape index (κ2) is 4.93. The van der Waals surface area contributed by atoms with Crippen molar-refractivity contribution in [1.29, 1.82) is 0 Å². The van der Waals surface area contributed by atoms with Gasteiger partial charge >= 0.3 is 6.18 Å². The van der Waals surface area contributed by atoms with Gasteiger partial charge in [-0.15, -0.1) is 12.4 Å². The smallest absolute Gasteiger partial charge is 0.372 e. The van der Waals surface area contributed by atoms with E-state index in [4.69, 9.17) is 0 Å². The normalized spacial score (nSPS) is 20.2. The number of alkyl halides is 3. The Morgan fingerprint density at radius 2 is 1.80 bits per heavy atom. The van der Waals surface area contributed by atoms with Gasteiger partial charge in [-0.2, -0.15) is 13.2 Å². The van der Waals surface area contributed by atoms with Gasteiger partial charge in [-0.3, -0.25) is 4.79 Å². The van der Waals surface area contributed by atoms with E-state index in [9.17, 15) is 18.0 Å². The van der Waals surface area contributed by atoms with Crippen molar-refractivity contribution in [1.82, 2.24) is 5.32 Å². The van der Waals surface area contributed by atoms with Gasteiger partial charge in [0.25, 0.3) is 0 Å². The second-order valence-electron chi connectivity index (χ2n) is 5.04. The molecule has 110 valence electrons. The second-order valence-corrected chi connectivity index (χ2v) is 5.04. The predicted octanol–water partition coefficient (Wildman–Crippen LogP) is 2.86. The number of ketones is 1. The van der Waals surface area contributed by atoms with Crippen molar-refractivity contribution >= 4 is 23.9 Å². The minimum atomic E-state index is -4.42. The lowest BCUT2D eigenvalue weighted by Gasteiger charge is -2.32. The Labute approximate surface area is 120 Å². The highest BCUT2D eigenvalue weighted by molar-refractivity contribution is 6.13. The number of rotatable bonds is 0. The lowest BCUT2D eigenvalue weighted by Crippen LogP contribution is -2.50. The molecule has 2 N–H and O–H groups in total. The van der Waals surface area contributed by atoms with Crippen molar-refractivity contribution in [3.8, 4) is 0 Å². The Hall–Kier alpha value is -1.27. The molecule has 1 saturated heterocycles. The summed E-state index contributed by atoms with van der Waals surface area (Å²) in [5.41, 5.74) is -0.804. The Bertz CT molecular complexity index is 539. The van der Waals surface area contributed by atoms with Gasteiger partial charge in [0.1, 0.15) is 5.54 Å². The van der Waals surface area contributed by atoms with Gasteiger partial charge in [-0.05, 0) is 44.1 Å². The molecule has 0 atom stereocenters. The third-order valence-corrected chi connectivity index (χ3v) is 3.86. The standard InChI is InChI=1S/C13H13F3N2O.ClH/c14-13(15,16)8-1-2-10-9(7-8)11(19)12(18-10)3-5-17-6-4-12;/h1-2,7,17-18H,3-6H2;1H. The van der Waals surface area contributed by atoms with E-state index < -0.39 is 17.3 Å². The average Bonchev–Trinajstić information content (AvgIpc) is 2.62. The molecule has 0 aliphatic carbocycles. The number of fused-ring (bicyclic) bond motifs is 1. The van der Waals surface area contributed by atoms with Crippen molar-refractivity contribution < 1.29 is 18.0 Å². The van der Waals surface area contributed by atoms with Crippen LogP contribution >= 0.6 is 12.4 Å². The zero-order chi connectivity index (χ0) is 13.7. The highest BCUT2D eigenvalue weighted by atomic mass is 35.5. The number of halogens is 4. The first-order chi connectivity index (χ1) is 8.92. The molecule has 2 aliphatic heterocycles. The molecule has 1 fully saturated rings. The third kappa shape index (κ3) is 2.27.